The molecule has 0 aliphatic carbocycles. The van der Waals surface area contributed by atoms with Crippen LogP contribution in [0.3, 0.4) is 0 Å². The Balaban J connectivity index is 2.65. The van der Waals surface area contributed by atoms with Gasteiger partial charge in [-0.25, -0.2) is 0 Å². The summed E-state index contributed by atoms with van der Waals surface area (Å²) in [5, 5.41) is 0. The third-order valence-corrected chi connectivity index (χ3v) is 2.74. The molecule has 0 amide bonds. The second kappa shape index (κ2) is 4.05. The van der Waals surface area contributed by atoms with Crippen LogP contribution in [0.25, 0.3) is 0 Å². The molecule has 0 saturated heterocycles. The highest BCUT2D eigenvalue weighted by Crippen LogP contribution is 2.35. The minimum Gasteiger partial charge on any atom is -0.324 e. The third-order valence-electron chi connectivity index (χ3n) is 1.93. The van der Waals surface area contributed by atoms with Crippen LogP contribution in [-0.2, 0) is 11.0 Å². The van der Waals surface area contributed by atoms with Crippen molar-refractivity contribution in [1.29, 1.82) is 0 Å². The van der Waals surface area contributed by atoms with Crippen LogP contribution >= 0.6 is 7.60 Å². The molecule has 1 aromatic rings. The predicted molar refractivity (Wildman–Crippen MR) is 51.8 cm³/mol. The van der Waals surface area contributed by atoms with Gasteiger partial charge in [0, 0.05) is 0 Å². The van der Waals surface area contributed by atoms with Gasteiger partial charge in [-0.3, -0.25) is 4.57 Å². The zero-order valence-electron chi connectivity index (χ0n) is 7.47. The summed E-state index contributed by atoms with van der Waals surface area (Å²) in [7, 11) is -3.85. The summed E-state index contributed by atoms with van der Waals surface area (Å²) in [6.07, 6.45) is 0.370. The zero-order chi connectivity index (χ0) is 9.90. The summed E-state index contributed by atoms with van der Waals surface area (Å²) in [5.41, 5.74) is 2.08. The minimum atomic E-state index is -3.85. The van der Waals surface area contributed by atoms with Crippen molar-refractivity contribution in [3.05, 3.63) is 35.4 Å². The van der Waals surface area contributed by atoms with E-state index in [-0.39, 0.29) is 6.16 Å². The molecule has 4 heteroatoms. The highest BCUT2D eigenvalue weighted by Gasteiger charge is 2.12. The number of rotatable bonds is 3. The van der Waals surface area contributed by atoms with Crippen LogP contribution in [0.15, 0.2) is 24.3 Å². The maximum absolute atomic E-state index is 10.6. The van der Waals surface area contributed by atoms with Gasteiger partial charge in [0.15, 0.2) is 0 Å². The Morgan fingerprint density at radius 3 is 2.46 bits per heavy atom. The van der Waals surface area contributed by atoms with Gasteiger partial charge in [0.2, 0.25) is 0 Å². The number of hydrogen-bond acceptors (Lipinski definition) is 1. The van der Waals surface area contributed by atoms with Gasteiger partial charge in [0.25, 0.3) is 0 Å². The van der Waals surface area contributed by atoms with E-state index in [1.54, 1.807) is 0 Å². The van der Waals surface area contributed by atoms with Crippen LogP contribution in [0.2, 0.25) is 0 Å². The van der Waals surface area contributed by atoms with E-state index in [1.165, 1.54) is 0 Å². The number of hydrogen-bond donors (Lipinski definition) is 2. The summed E-state index contributed by atoms with van der Waals surface area (Å²) in [6, 6.07) is 7.62. The van der Waals surface area contributed by atoms with Gasteiger partial charge in [-0.05, 0) is 24.5 Å². The van der Waals surface area contributed by atoms with E-state index in [1.807, 2.05) is 31.2 Å². The van der Waals surface area contributed by atoms with Gasteiger partial charge in [0.05, 0.1) is 6.16 Å². The van der Waals surface area contributed by atoms with Crippen molar-refractivity contribution in [3.8, 4) is 0 Å². The van der Waals surface area contributed by atoms with Crippen molar-refractivity contribution in [2.45, 2.75) is 13.3 Å². The molecular formula is C9H13O3P. The molecule has 1 aromatic carbocycles. The Hall–Kier alpha value is -0.630. The molecule has 0 atom stereocenters. The Morgan fingerprint density at radius 2 is 1.92 bits per heavy atom. The first-order valence-corrected chi connectivity index (χ1v) is 5.88. The van der Waals surface area contributed by atoms with Crippen LogP contribution in [0.4, 0.5) is 0 Å². The van der Waals surface area contributed by atoms with Gasteiger partial charge in [0.1, 0.15) is 0 Å². The van der Waals surface area contributed by atoms with Crippen LogP contribution < -0.4 is 0 Å². The lowest BCUT2D eigenvalue weighted by molar-refractivity contribution is 0.373. The summed E-state index contributed by atoms with van der Waals surface area (Å²) >= 11 is 0. The Labute approximate surface area is 77.6 Å². The lowest BCUT2D eigenvalue weighted by Gasteiger charge is -2.06. The molecule has 0 bridgehead atoms. The first-order valence-electron chi connectivity index (χ1n) is 4.08. The fraction of sp³-hybridized carbons (Fsp3) is 0.333. The van der Waals surface area contributed by atoms with Crippen molar-refractivity contribution in [3.63, 3.8) is 0 Å². The monoisotopic (exact) mass is 200 g/mol. The molecule has 13 heavy (non-hydrogen) atoms. The van der Waals surface area contributed by atoms with E-state index >= 15 is 0 Å². The van der Waals surface area contributed by atoms with Crippen molar-refractivity contribution < 1.29 is 14.4 Å². The summed E-state index contributed by atoms with van der Waals surface area (Å²) in [5.74, 6) is 0. The van der Waals surface area contributed by atoms with Crippen LogP contribution in [-0.4, -0.2) is 15.9 Å². The van der Waals surface area contributed by atoms with Crippen molar-refractivity contribution in [2.24, 2.45) is 0 Å². The molecule has 0 aliphatic rings. The van der Waals surface area contributed by atoms with E-state index in [0.29, 0.717) is 6.42 Å². The summed E-state index contributed by atoms with van der Waals surface area (Å²) < 4.78 is 10.6. The minimum absolute atomic E-state index is 0.0716. The van der Waals surface area contributed by atoms with E-state index in [4.69, 9.17) is 9.79 Å². The van der Waals surface area contributed by atoms with Crippen molar-refractivity contribution in [2.75, 3.05) is 6.16 Å². The molecule has 0 heterocycles. The molecule has 1 rings (SSSR count). The largest absolute Gasteiger partial charge is 0.325 e. The average molecular weight is 200 g/mol. The quantitative estimate of drug-likeness (QED) is 0.730. The van der Waals surface area contributed by atoms with Gasteiger partial charge >= 0.3 is 7.60 Å². The molecular weight excluding hydrogens is 187 g/mol. The fourth-order valence-corrected chi connectivity index (χ4v) is 1.69. The van der Waals surface area contributed by atoms with E-state index < -0.39 is 7.60 Å². The second-order valence-electron chi connectivity index (χ2n) is 3.06. The topological polar surface area (TPSA) is 57.5 Å². The van der Waals surface area contributed by atoms with Crippen LogP contribution in [0.5, 0.6) is 0 Å². The van der Waals surface area contributed by atoms with Crippen molar-refractivity contribution in [1.82, 2.24) is 0 Å². The van der Waals surface area contributed by atoms with Gasteiger partial charge in [-0.15, -0.1) is 0 Å². The van der Waals surface area contributed by atoms with Gasteiger partial charge in [-0.1, -0.05) is 24.3 Å². The van der Waals surface area contributed by atoms with E-state index in [0.717, 1.165) is 11.1 Å². The molecule has 3 nitrogen and oxygen atoms in total. The normalized spacial score (nSPS) is 11.6. The molecule has 0 spiro atoms. The highest BCUT2D eigenvalue weighted by atomic mass is 31.2. The molecule has 0 radical (unpaired) electrons. The lowest BCUT2D eigenvalue weighted by atomic mass is 10.1. The maximum Gasteiger partial charge on any atom is 0.325 e. The predicted octanol–water partition coefficient (Wildman–Crippen LogP) is 1.72. The Bertz CT molecular complexity index is 329. The van der Waals surface area contributed by atoms with Gasteiger partial charge < -0.3 is 9.79 Å². The third kappa shape index (κ3) is 3.73. The van der Waals surface area contributed by atoms with E-state index in [2.05, 4.69) is 0 Å². The highest BCUT2D eigenvalue weighted by molar-refractivity contribution is 7.51. The SMILES string of the molecule is Cc1ccccc1CCP(=O)(O)O. The first-order chi connectivity index (χ1) is 5.99. The van der Waals surface area contributed by atoms with Crippen LogP contribution in [0, 0.1) is 6.92 Å². The standard InChI is InChI=1S/C9H13O3P/c1-8-4-2-3-5-9(8)6-7-13(10,11)12/h2-5H,6-7H2,1H3,(H2,10,11,12). The van der Waals surface area contributed by atoms with Crippen LogP contribution in [0.1, 0.15) is 11.1 Å². The molecule has 0 saturated carbocycles. The first kappa shape index (κ1) is 10.5. The number of benzene rings is 1. The molecule has 0 aliphatic heterocycles. The maximum atomic E-state index is 10.6. The van der Waals surface area contributed by atoms with Gasteiger partial charge in [-0.2, -0.15) is 0 Å². The Morgan fingerprint density at radius 1 is 1.31 bits per heavy atom. The average Bonchev–Trinajstić information content (AvgIpc) is 2.01. The molecule has 0 fully saturated rings. The molecule has 0 aromatic heterocycles. The summed E-state index contributed by atoms with van der Waals surface area (Å²) in [6.45, 7) is 1.94. The van der Waals surface area contributed by atoms with Crippen molar-refractivity contribution >= 4 is 7.60 Å². The molecule has 2 N–H and O–H groups in total. The second-order valence-corrected chi connectivity index (χ2v) is 4.84. The fourth-order valence-electron chi connectivity index (χ4n) is 1.16. The zero-order valence-corrected chi connectivity index (χ0v) is 8.37. The molecule has 0 unspecified atom stereocenters. The lowest BCUT2D eigenvalue weighted by Crippen LogP contribution is -1.95. The molecule has 72 valence electrons. The van der Waals surface area contributed by atoms with E-state index in [9.17, 15) is 4.57 Å². The Kier molecular flexibility index (Phi) is 3.26. The smallest absolute Gasteiger partial charge is 0.324 e. The number of aryl methyl sites for hydroxylation is 2. The summed E-state index contributed by atoms with van der Waals surface area (Å²) in [4.78, 5) is 17.4.